The van der Waals surface area contributed by atoms with E-state index in [2.05, 4.69) is 13.5 Å². The minimum atomic E-state index is -0.151. The molecule has 0 aliphatic heterocycles. The maximum Gasteiger partial charge on any atom is 0.0574 e. The number of rotatable bonds is 5. The van der Waals surface area contributed by atoms with E-state index in [1.807, 2.05) is 0 Å². The summed E-state index contributed by atoms with van der Waals surface area (Å²) in [6.45, 7) is 5.67. The Hall–Kier alpha value is -0.300. The lowest BCUT2D eigenvalue weighted by Gasteiger charge is -2.04. The van der Waals surface area contributed by atoms with Gasteiger partial charge in [0.25, 0.3) is 0 Å². The molecule has 0 saturated heterocycles. The largest absolute Gasteiger partial charge is 0.393 e. The highest BCUT2D eigenvalue weighted by atomic mass is 16.3. The zero-order valence-electron chi connectivity index (χ0n) is 6.14. The van der Waals surface area contributed by atoms with E-state index >= 15 is 0 Å². The van der Waals surface area contributed by atoms with Gasteiger partial charge in [0, 0.05) is 0 Å². The zero-order chi connectivity index (χ0) is 7.11. The van der Waals surface area contributed by atoms with Gasteiger partial charge in [-0.05, 0) is 12.8 Å². The first-order chi connectivity index (χ1) is 4.31. The van der Waals surface area contributed by atoms with Gasteiger partial charge in [0.1, 0.15) is 0 Å². The van der Waals surface area contributed by atoms with Crippen molar-refractivity contribution >= 4 is 0 Å². The van der Waals surface area contributed by atoms with Gasteiger partial charge in [-0.1, -0.05) is 25.8 Å². The topological polar surface area (TPSA) is 20.2 Å². The van der Waals surface area contributed by atoms with Crippen molar-refractivity contribution in [2.45, 2.75) is 38.7 Å². The van der Waals surface area contributed by atoms with Crippen LogP contribution in [0, 0.1) is 0 Å². The molecule has 1 heteroatoms. The molecule has 1 unspecified atom stereocenters. The number of hydrogen-bond acceptors (Lipinski definition) is 1. The average molecular weight is 128 g/mol. The van der Waals surface area contributed by atoms with E-state index in [1.165, 1.54) is 0 Å². The molecule has 0 radical (unpaired) electrons. The summed E-state index contributed by atoms with van der Waals surface area (Å²) in [6.07, 6.45) is 5.55. The van der Waals surface area contributed by atoms with Crippen LogP contribution in [0.25, 0.3) is 0 Å². The first kappa shape index (κ1) is 8.70. The van der Waals surface area contributed by atoms with E-state index in [1.54, 1.807) is 6.08 Å². The third-order valence-electron chi connectivity index (χ3n) is 1.33. The third-order valence-corrected chi connectivity index (χ3v) is 1.33. The molecule has 0 aromatic rings. The maximum absolute atomic E-state index is 9.11. The summed E-state index contributed by atoms with van der Waals surface area (Å²) in [6, 6.07) is 0. The summed E-state index contributed by atoms with van der Waals surface area (Å²) in [4.78, 5) is 0. The second kappa shape index (κ2) is 5.83. The quantitative estimate of drug-likeness (QED) is 0.562. The van der Waals surface area contributed by atoms with Crippen LogP contribution in [-0.4, -0.2) is 11.2 Å². The van der Waals surface area contributed by atoms with E-state index < -0.39 is 0 Å². The van der Waals surface area contributed by atoms with Crippen LogP contribution in [0.2, 0.25) is 0 Å². The van der Waals surface area contributed by atoms with Crippen LogP contribution in [0.5, 0.6) is 0 Å². The number of aliphatic hydroxyl groups excluding tert-OH is 1. The van der Waals surface area contributed by atoms with Crippen molar-refractivity contribution < 1.29 is 5.11 Å². The molecule has 0 spiro atoms. The van der Waals surface area contributed by atoms with E-state index in [0.717, 1.165) is 25.7 Å². The van der Waals surface area contributed by atoms with Gasteiger partial charge in [-0.15, -0.1) is 6.58 Å². The fourth-order valence-electron chi connectivity index (χ4n) is 0.750. The van der Waals surface area contributed by atoms with Crippen molar-refractivity contribution in [1.82, 2.24) is 0 Å². The zero-order valence-corrected chi connectivity index (χ0v) is 6.14. The maximum atomic E-state index is 9.11. The lowest BCUT2D eigenvalue weighted by Crippen LogP contribution is -2.03. The summed E-state index contributed by atoms with van der Waals surface area (Å²) >= 11 is 0. The summed E-state index contributed by atoms with van der Waals surface area (Å²) in [5, 5.41) is 9.11. The van der Waals surface area contributed by atoms with E-state index in [9.17, 15) is 0 Å². The molecule has 9 heavy (non-hydrogen) atoms. The van der Waals surface area contributed by atoms with Gasteiger partial charge in [0.05, 0.1) is 6.10 Å². The van der Waals surface area contributed by atoms with Crippen LogP contribution in [0.4, 0.5) is 0 Å². The fourth-order valence-corrected chi connectivity index (χ4v) is 0.750. The Morgan fingerprint density at radius 2 is 2.33 bits per heavy atom. The van der Waals surface area contributed by atoms with Gasteiger partial charge >= 0.3 is 0 Å². The molecule has 0 heterocycles. The first-order valence-corrected chi connectivity index (χ1v) is 3.60. The second-order valence-electron chi connectivity index (χ2n) is 2.32. The molecule has 0 aliphatic rings. The molecule has 0 aromatic heterocycles. The molecule has 1 atom stereocenters. The molecule has 54 valence electrons. The van der Waals surface area contributed by atoms with Crippen molar-refractivity contribution in [3.63, 3.8) is 0 Å². The lowest BCUT2D eigenvalue weighted by atomic mass is 10.1. The molecule has 1 N–H and O–H groups in total. The van der Waals surface area contributed by atoms with Crippen LogP contribution < -0.4 is 0 Å². The van der Waals surface area contributed by atoms with Crippen molar-refractivity contribution in [1.29, 1.82) is 0 Å². The van der Waals surface area contributed by atoms with Crippen LogP contribution >= 0.6 is 0 Å². The molecule has 0 amide bonds. The molecule has 0 fully saturated rings. The predicted molar refractivity (Wildman–Crippen MR) is 40.3 cm³/mol. The Morgan fingerprint density at radius 3 is 2.78 bits per heavy atom. The molecule has 0 saturated carbocycles. The lowest BCUT2D eigenvalue weighted by molar-refractivity contribution is 0.164. The van der Waals surface area contributed by atoms with Gasteiger partial charge in [0.15, 0.2) is 0 Å². The van der Waals surface area contributed by atoms with Gasteiger partial charge in [0.2, 0.25) is 0 Å². The van der Waals surface area contributed by atoms with E-state index in [4.69, 9.17) is 5.11 Å². The Morgan fingerprint density at radius 1 is 1.67 bits per heavy atom. The first-order valence-electron chi connectivity index (χ1n) is 3.60. The van der Waals surface area contributed by atoms with Crippen molar-refractivity contribution in [2.24, 2.45) is 0 Å². The number of unbranched alkanes of at least 4 members (excludes halogenated alkanes) is 1. The molecule has 0 aromatic carbocycles. The highest BCUT2D eigenvalue weighted by Crippen LogP contribution is 2.03. The molecule has 0 rings (SSSR count). The molecule has 0 aliphatic carbocycles. The van der Waals surface area contributed by atoms with Crippen LogP contribution in [0.1, 0.15) is 32.6 Å². The Labute approximate surface area is 57.4 Å². The van der Waals surface area contributed by atoms with Gasteiger partial charge in [-0.25, -0.2) is 0 Å². The Balaban J connectivity index is 3.04. The summed E-state index contributed by atoms with van der Waals surface area (Å²) < 4.78 is 0. The third kappa shape index (κ3) is 5.57. The molecule has 0 bridgehead atoms. The summed E-state index contributed by atoms with van der Waals surface area (Å²) in [5.41, 5.74) is 0. The average Bonchev–Trinajstić information content (AvgIpc) is 1.85. The van der Waals surface area contributed by atoms with Crippen LogP contribution in [0.15, 0.2) is 12.7 Å². The summed E-state index contributed by atoms with van der Waals surface area (Å²) in [5.74, 6) is 0. The van der Waals surface area contributed by atoms with Gasteiger partial charge < -0.3 is 5.11 Å². The normalized spacial score (nSPS) is 13.1. The predicted octanol–water partition coefficient (Wildman–Crippen LogP) is 2.11. The van der Waals surface area contributed by atoms with Gasteiger partial charge in [-0.2, -0.15) is 0 Å². The minimum Gasteiger partial charge on any atom is -0.393 e. The molecular weight excluding hydrogens is 112 g/mol. The molecular formula is C8H16O. The Kier molecular flexibility index (Phi) is 5.64. The smallest absolute Gasteiger partial charge is 0.0574 e. The summed E-state index contributed by atoms with van der Waals surface area (Å²) in [7, 11) is 0. The van der Waals surface area contributed by atoms with Crippen molar-refractivity contribution in [3.05, 3.63) is 12.7 Å². The highest BCUT2D eigenvalue weighted by molar-refractivity contribution is 4.71. The van der Waals surface area contributed by atoms with Crippen molar-refractivity contribution in [2.75, 3.05) is 0 Å². The van der Waals surface area contributed by atoms with E-state index in [0.29, 0.717) is 0 Å². The number of hydrogen-bond donors (Lipinski definition) is 1. The van der Waals surface area contributed by atoms with Crippen LogP contribution in [-0.2, 0) is 0 Å². The molecule has 1 nitrogen and oxygen atoms in total. The minimum absolute atomic E-state index is 0.151. The van der Waals surface area contributed by atoms with Crippen LogP contribution in [0.3, 0.4) is 0 Å². The van der Waals surface area contributed by atoms with E-state index in [-0.39, 0.29) is 6.10 Å². The van der Waals surface area contributed by atoms with Gasteiger partial charge in [-0.3, -0.25) is 0 Å². The fraction of sp³-hybridized carbons (Fsp3) is 0.750. The number of aliphatic hydroxyl groups is 1. The SMILES string of the molecule is C=CCC(O)CCCC. The Bertz CT molecular complexity index is 69.0. The highest BCUT2D eigenvalue weighted by Gasteiger charge is 1.97. The second-order valence-corrected chi connectivity index (χ2v) is 2.32. The van der Waals surface area contributed by atoms with Crippen molar-refractivity contribution in [3.8, 4) is 0 Å². The standard InChI is InChI=1S/C8H16O/c1-3-5-7-8(9)6-4-2/h4,8-9H,2-3,5-7H2,1H3. The monoisotopic (exact) mass is 128 g/mol.